The molecule has 2 aliphatic rings. The van der Waals surface area contributed by atoms with Crippen molar-refractivity contribution >= 4 is 29.1 Å². The molecule has 0 N–H and O–H groups in total. The normalized spacial score (nSPS) is 23.1. The van der Waals surface area contributed by atoms with Crippen LogP contribution in [0.1, 0.15) is 38.7 Å². The van der Waals surface area contributed by atoms with Gasteiger partial charge in [0, 0.05) is 12.8 Å². The summed E-state index contributed by atoms with van der Waals surface area (Å²) in [7, 11) is 2.40. The molecule has 0 bridgehead atoms. The second-order valence-corrected chi connectivity index (χ2v) is 8.22. The van der Waals surface area contributed by atoms with Crippen molar-refractivity contribution in [1.82, 2.24) is 0 Å². The van der Waals surface area contributed by atoms with Crippen LogP contribution in [0, 0.1) is 16.7 Å². The first-order chi connectivity index (χ1) is 13.2. The molecule has 148 valence electrons. The third-order valence-electron chi connectivity index (χ3n) is 5.80. The fourth-order valence-corrected chi connectivity index (χ4v) is 4.50. The number of methoxy groups -OCH3 is 2. The number of hydrogen-bond donors (Lipinski definition) is 0. The zero-order valence-electron chi connectivity index (χ0n) is 16.5. The van der Waals surface area contributed by atoms with Crippen LogP contribution >= 0.6 is 0 Å². The number of ether oxygens (including phenoxy) is 2. The van der Waals surface area contributed by atoms with E-state index in [1.54, 1.807) is 24.3 Å². The largest absolute Gasteiger partial charge is 0.469 e. The second kappa shape index (κ2) is 7.00. The van der Waals surface area contributed by atoms with Gasteiger partial charge in [-0.15, -0.1) is 0 Å². The number of Topliss-reactive ketones (excluding diaryl/α,β-unsaturated/α-hetero) is 2. The van der Waals surface area contributed by atoms with Gasteiger partial charge in [-0.2, -0.15) is 0 Å². The van der Waals surface area contributed by atoms with Gasteiger partial charge in [-0.25, -0.2) is 4.79 Å². The van der Waals surface area contributed by atoms with Gasteiger partial charge in [0.1, 0.15) is 22.9 Å². The van der Waals surface area contributed by atoms with E-state index < -0.39 is 28.7 Å². The summed E-state index contributed by atoms with van der Waals surface area (Å²) in [4.78, 5) is 52.1. The average Bonchev–Trinajstić information content (AvgIpc) is 3.03. The Balaban J connectivity index is 2.25. The predicted octanol–water partition coefficient (Wildman–Crippen LogP) is 2.75. The van der Waals surface area contributed by atoms with Gasteiger partial charge in [-0.3, -0.25) is 14.4 Å². The van der Waals surface area contributed by atoms with Crippen molar-refractivity contribution < 1.29 is 28.7 Å². The van der Waals surface area contributed by atoms with Gasteiger partial charge in [0.2, 0.25) is 0 Å². The monoisotopic (exact) mass is 384 g/mol. The first-order valence-corrected chi connectivity index (χ1v) is 9.19. The van der Waals surface area contributed by atoms with Crippen molar-refractivity contribution in [2.24, 2.45) is 16.7 Å². The van der Waals surface area contributed by atoms with E-state index in [1.165, 1.54) is 14.2 Å². The third-order valence-corrected chi connectivity index (χ3v) is 5.80. The van der Waals surface area contributed by atoms with Gasteiger partial charge in [0.15, 0.2) is 0 Å². The quantitative estimate of drug-likeness (QED) is 0.588. The lowest BCUT2D eigenvalue weighted by Gasteiger charge is -2.41. The summed E-state index contributed by atoms with van der Waals surface area (Å²) in [5.74, 6) is -3.44. The van der Waals surface area contributed by atoms with E-state index >= 15 is 0 Å². The minimum Gasteiger partial charge on any atom is -0.469 e. The molecule has 1 spiro atoms. The Bertz CT molecular complexity index is 858. The highest BCUT2D eigenvalue weighted by Crippen LogP contribution is 2.57. The Kier molecular flexibility index (Phi) is 5.00. The van der Waals surface area contributed by atoms with Gasteiger partial charge < -0.3 is 9.47 Å². The number of carbonyl (C=O) groups excluding carboxylic acids is 4. The predicted molar refractivity (Wildman–Crippen MR) is 101 cm³/mol. The zero-order valence-corrected chi connectivity index (χ0v) is 16.5. The fraction of sp³-hybridized carbons (Fsp3) is 0.455. The molecular formula is C22H24O6. The highest BCUT2D eigenvalue weighted by atomic mass is 16.5. The maximum Gasteiger partial charge on any atom is 0.334 e. The minimum atomic E-state index is -1.61. The topological polar surface area (TPSA) is 86.7 Å². The fourth-order valence-electron chi connectivity index (χ4n) is 4.50. The summed E-state index contributed by atoms with van der Waals surface area (Å²) in [6.07, 6.45) is 0.306. The molecule has 0 radical (unpaired) electrons. The first kappa shape index (κ1) is 20.0. The van der Waals surface area contributed by atoms with Crippen LogP contribution < -0.4 is 0 Å². The van der Waals surface area contributed by atoms with E-state index in [1.807, 2.05) is 19.9 Å². The molecule has 1 fully saturated rings. The molecule has 1 atom stereocenters. The molecule has 6 heteroatoms. The highest BCUT2D eigenvalue weighted by molar-refractivity contribution is 6.19. The Morgan fingerprint density at radius 2 is 1.50 bits per heavy atom. The van der Waals surface area contributed by atoms with Gasteiger partial charge >= 0.3 is 11.9 Å². The molecule has 0 amide bonds. The Hall–Kier alpha value is -2.76. The van der Waals surface area contributed by atoms with Crippen LogP contribution in [0.2, 0.25) is 0 Å². The molecule has 0 aromatic heterocycles. The van der Waals surface area contributed by atoms with Gasteiger partial charge in [0.25, 0.3) is 0 Å². The maximum absolute atomic E-state index is 13.3. The number of esters is 2. The SMILES string of the molecule is COC(=O)C1=C(c2ccccc2)CC2(C(=O)CC(C)(C)CC2=O)C1C(=O)OC. The molecule has 3 rings (SSSR count). The summed E-state index contributed by atoms with van der Waals surface area (Å²) < 4.78 is 9.86. The van der Waals surface area contributed by atoms with Crippen LogP contribution in [0.3, 0.4) is 0 Å². The van der Waals surface area contributed by atoms with Crippen molar-refractivity contribution in [2.45, 2.75) is 33.1 Å². The number of ketones is 2. The van der Waals surface area contributed by atoms with Crippen LogP contribution in [0.25, 0.3) is 5.57 Å². The van der Waals surface area contributed by atoms with E-state index in [2.05, 4.69) is 0 Å². The van der Waals surface area contributed by atoms with E-state index in [0.29, 0.717) is 11.1 Å². The molecule has 1 saturated carbocycles. The Morgan fingerprint density at radius 3 is 2.00 bits per heavy atom. The molecule has 0 saturated heterocycles. The first-order valence-electron chi connectivity index (χ1n) is 9.19. The summed E-state index contributed by atoms with van der Waals surface area (Å²) in [6, 6.07) is 8.98. The zero-order chi connectivity index (χ0) is 20.7. The minimum absolute atomic E-state index is 0.00500. The Morgan fingerprint density at radius 1 is 0.929 bits per heavy atom. The molecule has 28 heavy (non-hydrogen) atoms. The lowest BCUT2D eigenvalue weighted by atomic mass is 9.58. The molecule has 1 unspecified atom stereocenters. The standard InChI is InChI=1S/C22H24O6/c1-21(2)11-15(23)22(16(24)12-21)10-14(13-8-6-5-7-9-13)17(19(25)27-3)18(22)20(26)28-4/h5-9,18H,10-12H2,1-4H3. The third kappa shape index (κ3) is 2.97. The molecule has 0 aliphatic heterocycles. The molecule has 2 aliphatic carbocycles. The molecule has 6 nitrogen and oxygen atoms in total. The van der Waals surface area contributed by atoms with Crippen molar-refractivity contribution in [2.75, 3.05) is 14.2 Å². The summed E-state index contributed by atoms with van der Waals surface area (Å²) in [5, 5.41) is 0. The maximum atomic E-state index is 13.3. The van der Waals surface area contributed by atoms with E-state index in [4.69, 9.17) is 9.47 Å². The van der Waals surface area contributed by atoms with E-state index in [9.17, 15) is 19.2 Å². The van der Waals surface area contributed by atoms with E-state index in [-0.39, 0.29) is 36.4 Å². The average molecular weight is 384 g/mol. The molecular weight excluding hydrogens is 360 g/mol. The lowest BCUT2D eigenvalue weighted by Crippen LogP contribution is -2.53. The lowest BCUT2D eigenvalue weighted by molar-refractivity contribution is -0.162. The van der Waals surface area contributed by atoms with Crippen molar-refractivity contribution in [1.29, 1.82) is 0 Å². The summed E-state index contributed by atoms with van der Waals surface area (Å²) >= 11 is 0. The van der Waals surface area contributed by atoms with Crippen molar-refractivity contribution in [3.8, 4) is 0 Å². The number of carbonyl (C=O) groups is 4. The van der Waals surface area contributed by atoms with Gasteiger partial charge in [0.05, 0.1) is 19.8 Å². The molecule has 1 aromatic carbocycles. The number of allylic oxidation sites excluding steroid dienone is 1. The summed E-state index contributed by atoms with van der Waals surface area (Å²) in [6.45, 7) is 3.70. The number of benzene rings is 1. The van der Waals surface area contributed by atoms with Crippen LogP contribution in [-0.2, 0) is 28.7 Å². The van der Waals surface area contributed by atoms with Crippen LogP contribution in [0.4, 0.5) is 0 Å². The van der Waals surface area contributed by atoms with Crippen molar-refractivity contribution in [3.63, 3.8) is 0 Å². The van der Waals surface area contributed by atoms with Crippen molar-refractivity contribution in [3.05, 3.63) is 41.5 Å². The highest BCUT2D eigenvalue weighted by Gasteiger charge is 2.64. The summed E-state index contributed by atoms with van der Waals surface area (Å²) in [5.41, 5.74) is -0.886. The molecule has 0 heterocycles. The van der Waals surface area contributed by atoms with E-state index in [0.717, 1.165) is 0 Å². The van der Waals surface area contributed by atoms with Crippen LogP contribution in [-0.4, -0.2) is 37.7 Å². The van der Waals surface area contributed by atoms with Gasteiger partial charge in [-0.1, -0.05) is 44.2 Å². The van der Waals surface area contributed by atoms with Crippen LogP contribution in [0.15, 0.2) is 35.9 Å². The molecule has 1 aromatic rings. The Labute approximate surface area is 163 Å². The smallest absolute Gasteiger partial charge is 0.334 e. The number of hydrogen-bond acceptors (Lipinski definition) is 6. The number of rotatable bonds is 3. The second-order valence-electron chi connectivity index (χ2n) is 8.22. The van der Waals surface area contributed by atoms with Gasteiger partial charge in [-0.05, 0) is 23.0 Å². The van der Waals surface area contributed by atoms with Crippen LogP contribution in [0.5, 0.6) is 0 Å².